The minimum Gasteiger partial charge on any atom is -0.490 e. The van der Waals surface area contributed by atoms with E-state index in [4.69, 9.17) is 14.2 Å². The quantitative estimate of drug-likeness (QED) is 0.346. The number of amides is 3. The number of thioether (sulfide) groups is 1. The topological polar surface area (TPSA) is 102 Å². The molecule has 0 atom stereocenters. The Morgan fingerprint density at radius 2 is 1.79 bits per heavy atom. The Hall–Kier alpha value is -2.53. The Kier molecular flexibility index (Phi) is 8.79. The zero-order chi connectivity index (χ0) is 24.0. The van der Waals surface area contributed by atoms with E-state index in [0.717, 1.165) is 29.5 Å². The molecule has 0 unspecified atom stereocenters. The second-order valence-corrected chi connectivity index (χ2v) is 9.05. The Morgan fingerprint density at radius 1 is 1.09 bits per heavy atom. The number of carbonyl (C=O) groups excluding carboxylic acids is 4. The number of hydrogen-bond donors (Lipinski definition) is 0. The van der Waals surface area contributed by atoms with E-state index >= 15 is 0 Å². The van der Waals surface area contributed by atoms with Gasteiger partial charge in [0.05, 0.1) is 18.1 Å². The summed E-state index contributed by atoms with van der Waals surface area (Å²) in [6, 6.07) is 3.27. The van der Waals surface area contributed by atoms with Crippen molar-refractivity contribution >= 4 is 56.8 Å². The Bertz CT molecular complexity index is 976. The van der Waals surface area contributed by atoms with Crippen molar-refractivity contribution < 1.29 is 33.4 Å². The molecule has 9 nitrogen and oxygen atoms in total. The van der Waals surface area contributed by atoms with Crippen molar-refractivity contribution in [1.82, 2.24) is 9.80 Å². The van der Waals surface area contributed by atoms with E-state index in [1.807, 2.05) is 0 Å². The first-order valence-corrected chi connectivity index (χ1v) is 12.2. The number of nitrogens with zero attached hydrogens (tertiary/aromatic N) is 2. The lowest BCUT2D eigenvalue weighted by atomic mass is 10.1. The van der Waals surface area contributed by atoms with Crippen LogP contribution in [-0.2, 0) is 19.1 Å². The lowest BCUT2D eigenvalue weighted by Gasteiger charge is -2.18. The summed E-state index contributed by atoms with van der Waals surface area (Å²) in [5.41, 5.74) is 0.582. The van der Waals surface area contributed by atoms with Crippen LogP contribution in [0.4, 0.5) is 4.79 Å². The highest BCUT2D eigenvalue weighted by Gasteiger charge is 2.37. The summed E-state index contributed by atoms with van der Waals surface area (Å²) >= 11 is 4.22. The normalized spacial score (nSPS) is 17.1. The molecule has 0 aliphatic carbocycles. The fraction of sp³-hybridized carbons (Fsp3) is 0.455. The van der Waals surface area contributed by atoms with Gasteiger partial charge in [0.1, 0.15) is 6.54 Å². The fourth-order valence-corrected chi connectivity index (χ4v) is 4.63. The molecule has 2 aliphatic heterocycles. The number of halogens is 1. The summed E-state index contributed by atoms with van der Waals surface area (Å²) in [6.07, 6.45) is 3.43. The van der Waals surface area contributed by atoms with Gasteiger partial charge in [-0.05, 0) is 62.2 Å². The number of hydrogen-bond acceptors (Lipinski definition) is 8. The molecule has 0 bridgehead atoms. The van der Waals surface area contributed by atoms with E-state index in [1.165, 1.54) is 0 Å². The highest BCUT2D eigenvalue weighted by atomic mass is 79.9. The van der Waals surface area contributed by atoms with E-state index < -0.39 is 17.1 Å². The van der Waals surface area contributed by atoms with Crippen molar-refractivity contribution in [2.75, 3.05) is 39.5 Å². The molecule has 2 fully saturated rings. The Labute approximate surface area is 204 Å². The maximum absolute atomic E-state index is 12.8. The summed E-state index contributed by atoms with van der Waals surface area (Å²) in [4.78, 5) is 52.1. The third-order valence-corrected chi connectivity index (χ3v) is 6.52. The van der Waals surface area contributed by atoms with Crippen LogP contribution in [0, 0.1) is 0 Å². The van der Waals surface area contributed by atoms with Crippen LogP contribution in [-0.4, -0.2) is 72.3 Å². The largest absolute Gasteiger partial charge is 0.490 e. The van der Waals surface area contributed by atoms with Crippen molar-refractivity contribution in [1.29, 1.82) is 0 Å². The molecule has 0 aromatic heterocycles. The van der Waals surface area contributed by atoms with Crippen LogP contribution < -0.4 is 9.47 Å². The Morgan fingerprint density at radius 3 is 2.45 bits per heavy atom. The van der Waals surface area contributed by atoms with Gasteiger partial charge >= 0.3 is 5.97 Å². The van der Waals surface area contributed by atoms with E-state index in [0.29, 0.717) is 41.2 Å². The molecule has 0 N–H and O–H groups in total. The monoisotopic (exact) mass is 540 g/mol. The lowest BCUT2D eigenvalue weighted by molar-refractivity contribution is -0.145. The highest BCUT2D eigenvalue weighted by Crippen LogP contribution is 2.38. The molecule has 2 saturated heterocycles. The van der Waals surface area contributed by atoms with Crippen LogP contribution in [0.5, 0.6) is 11.5 Å². The fourth-order valence-electron chi connectivity index (χ4n) is 3.36. The van der Waals surface area contributed by atoms with Gasteiger partial charge in [0, 0.05) is 17.6 Å². The van der Waals surface area contributed by atoms with Crippen LogP contribution >= 0.6 is 27.7 Å². The standard InChI is InChI=1S/C22H25BrN2O7S/c1-3-30-16-9-14(15(23)11-17(16)32-13-20(27)31-4-2)10-18-21(28)25(22(29)33-18)12-19(26)24-7-5-6-8-24/h9-11H,3-8,12-13H2,1-2H3/b18-10+. The van der Waals surface area contributed by atoms with Crippen LogP contribution in [0.3, 0.4) is 0 Å². The molecule has 33 heavy (non-hydrogen) atoms. The predicted molar refractivity (Wildman–Crippen MR) is 126 cm³/mol. The molecule has 0 spiro atoms. The summed E-state index contributed by atoms with van der Waals surface area (Å²) in [6.45, 7) is 4.90. The van der Waals surface area contributed by atoms with Crippen molar-refractivity contribution in [2.45, 2.75) is 26.7 Å². The van der Waals surface area contributed by atoms with Crippen molar-refractivity contribution in [3.63, 3.8) is 0 Å². The minimum absolute atomic E-state index is 0.206. The van der Waals surface area contributed by atoms with Crippen molar-refractivity contribution in [3.8, 4) is 11.5 Å². The summed E-state index contributed by atoms with van der Waals surface area (Å²) < 4.78 is 16.6. The Balaban J connectivity index is 1.77. The van der Waals surface area contributed by atoms with E-state index in [1.54, 1.807) is 37.0 Å². The molecule has 3 amide bonds. The summed E-state index contributed by atoms with van der Waals surface area (Å²) in [5, 5.41) is -0.477. The molecular formula is C22H25BrN2O7S. The predicted octanol–water partition coefficient (Wildman–Crippen LogP) is 3.45. The van der Waals surface area contributed by atoms with E-state index in [2.05, 4.69) is 15.9 Å². The number of carbonyl (C=O) groups is 4. The van der Waals surface area contributed by atoms with Gasteiger partial charge < -0.3 is 19.1 Å². The molecule has 1 aromatic rings. The molecule has 3 rings (SSSR count). The number of benzene rings is 1. The zero-order valence-corrected chi connectivity index (χ0v) is 20.8. The number of ether oxygens (including phenoxy) is 3. The maximum Gasteiger partial charge on any atom is 0.344 e. The van der Waals surface area contributed by atoms with Gasteiger partial charge in [0.25, 0.3) is 11.1 Å². The SMILES string of the molecule is CCOC(=O)COc1cc(Br)c(/C=C2/SC(=O)N(CC(=O)N3CCCC3)C2=O)cc1OCC. The van der Waals surface area contributed by atoms with Gasteiger partial charge in [-0.1, -0.05) is 15.9 Å². The van der Waals surface area contributed by atoms with Crippen LogP contribution in [0.1, 0.15) is 32.3 Å². The van der Waals surface area contributed by atoms with Gasteiger partial charge in [0.15, 0.2) is 18.1 Å². The van der Waals surface area contributed by atoms with Crippen LogP contribution in [0.25, 0.3) is 6.08 Å². The second-order valence-electron chi connectivity index (χ2n) is 7.20. The highest BCUT2D eigenvalue weighted by molar-refractivity contribution is 9.10. The molecule has 2 heterocycles. The first-order valence-electron chi connectivity index (χ1n) is 10.6. The lowest BCUT2D eigenvalue weighted by Crippen LogP contribution is -2.40. The van der Waals surface area contributed by atoms with Gasteiger partial charge in [-0.3, -0.25) is 19.3 Å². The second kappa shape index (κ2) is 11.6. The third-order valence-electron chi connectivity index (χ3n) is 4.93. The molecule has 2 aliphatic rings. The number of esters is 1. The van der Waals surface area contributed by atoms with Gasteiger partial charge in [-0.15, -0.1) is 0 Å². The number of likely N-dealkylation sites (tertiary alicyclic amines) is 1. The summed E-state index contributed by atoms with van der Waals surface area (Å²) in [5.74, 6) is -0.528. The van der Waals surface area contributed by atoms with Crippen LogP contribution in [0.15, 0.2) is 21.5 Å². The molecule has 0 radical (unpaired) electrons. The molecule has 1 aromatic carbocycles. The van der Waals surface area contributed by atoms with E-state index in [-0.39, 0.29) is 30.6 Å². The molecule has 178 valence electrons. The van der Waals surface area contributed by atoms with Gasteiger partial charge in [-0.25, -0.2) is 4.79 Å². The van der Waals surface area contributed by atoms with Crippen molar-refractivity contribution in [3.05, 3.63) is 27.1 Å². The smallest absolute Gasteiger partial charge is 0.344 e. The minimum atomic E-state index is -0.509. The van der Waals surface area contributed by atoms with Gasteiger partial charge in [0.2, 0.25) is 5.91 Å². The number of rotatable bonds is 9. The first kappa shape index (κ1) is 25.1. The maximum atomic E-state index is 12.8. The first-order chi connectivity index (χ1) is 15.8. The average Bonchev–Trinajstić information content (AvgIpc) is 3.40. The molecule has 0 saturated carbocycles. The van der Waals surface area contributed by atoms with Gasteiger partial charge in [-0.2, -0.15) is 0 Å². The number of imide groups is 1. The average molecular weight is 541 g/mol. The zero-order valence-electron chi connectivity index (χ0n) is 18.4. The molecular weight excluding hydrogens is 516 g/mol. The van der Waals surface area contributed by atoms with Crippen molar-refractivity contribution in [2.24, 2.45) is 0 Å². The third kappa shape index (κ3) is 6.29. The summed E-state index contributed by atoms with van der Waals surface area (Å²) in [7, 11) is 0. The molecule has 11 heteroatoms. The van der Waals surface area contributed by atoms with E-state index in [9.17, 15) is 19.2 Å². The van der Waals surface area contributed by atoms with Crippen LogP contribution in [0.2, 0.25) is 0 Å².